The molecule has 3 N–H and O–H groups in total. The Morgan fingerprint density at radius 3 is 2.15 bits per heavy atom. The lowest BCUT2D eigenvalue weighted by Gasteiger charge is -2.31. The largest absolute Gasteiger partial charge is 0.442 e. The van der Waals surface area contributed by atoms with E-state index in [1.165, 1.54) is 7.11 Å². The molecule has 0 fully saturated rings. The molecule has 2 atom stereocenters. The van der Waals surface area contributed by atoms with E-state index >= 15 is 0 Å². The number of hydrogen-bond acceptors (Lipinski definition) is 6. The molecule has 0 saturated carbocycles. The predicted octanol–water partition coefficient (Wildman–Crippen LogP) is 2.16. The molecule has 8 heteroatoms. The van der Waals surface area contributed by atoms with Crippen molar-refractivity contribution in [1.29, 1.82) is 0 Å². The van der Waals surface area contributed by atoms with Gasteiger partial charge in [0.25, 0.3) is 0 Å². The van der Waals surface area contributed by atoms with Crippen LogP contribution in [0.25, 0.3) is 0 Å². The highest BCUT2D eigenvalue weighted by atomic mass is 16.6. The fourth-order valence-corrected chi connectivity index (χ4v) is 1.99. The minimum Gasteiger partial charge on any atom is -0.442 e. The Kier molecular flexibility index (Phi) is 8.21. The lowest BCUT2D eigenvalue weighted by atomic mass is 9.99. The van der Waals surface area contributed by atoms with Gasteiger partial charge >= 0.3 is 6.09 Å². The molecule has 0 unspecified atom stereocenters. The van der Waals surface area contributed by atoms with Crippen molar-refractivity contribution in [2.75, 3.05) is 24.8 Å². The van der Waals surface area contributed by atoms with Crippen LogP contribution in [0.15, 0.2) is 24.3 Å². The van der Waals surface area contributed by atoms with Gasteiger partial charge in [-0.1, -0.05) is 0 Å². The van der Waals surface area contributed by atoms with E-state index in [1.54, 1.807) is 52.1 Å². The van der Waals surface area contributed by atoms with Crippen LogP contribution < -0.4 is 16.0 Å². The van der Waals surface area contributed by atoms with Crippen molar-refractivity contribution in [1.82, 2.24) is 5.32 Å². The zero-order valence-corrected chi connectivity index (χ0v) is 15.8. The van der Waals surface area contributed by atoms with E-state index in [-0.39, 0.29) is 18.4 Å². The molecule has 0 spiro atoms. The van der Waals surface area contributed by atoms with E-state index in [0.717, 1.165) is 0 Å². The summed E-state index contributed by atoms with van der Waals surface area (Å²) in [6.45, 7) is 5.22. The van der Waals surface area contributed by atoms with Gasteiger partial charge < -0.3 is 24.9 Å². The van der Waals surface area contributed by atoms with Crippen molar-refractivity contribution in [3.8, 4) is 0 Å². The van der Waals surface area contributed by atoms with Gasteiger partial charge in [0.1, 0.15) is 12.4 Å². The van der Waals surface area contributed by atoms with Crippen LogP contribution in [0.2, 0.25) is 0 Å². The van der Waals surface area contributed by atoms with E-state index < -0.39 is 17.8 Å². The molecule has 1 aromatic rings. The number of aldehydes is 1. The summed E-state index contributed by atoms with van der Waals surface area (Å²) in [5, 5.41) is 8.18. The zero-order valence-electron chi connectivity index (χ0n) is 15.8. The topological polar surface area (TPSA) is 106 Å². The molecule has 0 aromatic heterocycles. The minimum atomic E-state index is -0.795. The average molecular weight is 365 g/mol. The molecule has 0 saturated heterocycles. The molecular formula is C18H27N3O5. The van der Waals surface area contributed by atoms with Gasteiger partial charge in [0.15, 0.2) is 0 Å². The van der Waals surface area contributed by atoms with Crippen molar-refractivity contribution < 1.29 is 23.9 Å². The Balaban J connectivity index is 2.66. The lowest BCUT2D eigenvalue weighted by molar-refractivity contribution is -0.118. The molecular weight excluding hydrogens is 338 g/mol. The molecule has 1 aromatic carbocycles. The summed E-state index contributed by atoms with van der Waals surface area (Å²) in [5.41, 5.74) is 0.307. The molecule has 0 radical (unpaired) electrons. The molecule has 0 bridgehead atoms. The van der Waals surface area contributed by atoms with Crippen LogP contribution in [0.3, 0.4) is 0 Å². The monoisotopic (exact) mass is 365 g/mol. The second kappa shape index (κ2) is 9.88. The number of carbonyl (C=O) groups excluding carboxylic acids is 3. The van der Waals surface area contributed by atoms with Crippen molar-refractivity contribution in [3.05, 3.63) is 24.3 Å². The van der Waals surface area contributed by atoms with Gasteiger partial charge in [0.2, 0.25) is 5.91 Å². The number of amides is 2. The molecule has 26 heavy (non-hydrogen) atoms. The average Bonchev–Trinajstić information content (AvgIpc) is 2.62. The van der Waals surface area contributed by atoms with E-state index in [1.807, 2.05) is 0 Å². The van der Waals surface area contributed by atoms with Gasteiger partial charge in [-0.25, -0.2) is 4.79 Å². The number of likely N-dealkylation sites (N-methyl/N-ethyl adjacent to an activating group) is 1. The fourth-order valence-electron chi connectivity index (χ4n) is 1.99. The number of carbonyl (C=O) groups is 3. The first kappa shape index (κ1) is 21.6. The summed E-state index contributed by atoms with van der Waals surface area (Å²) in [6, 6.07) is 6.28. The Labute approximate surface area is 153 Å². The van der Waals surface area contributed by atoms with E-state index in [9.17, 15) is 14.4 Å². The van der Waals surface area contributed by atoms with Crippen LogP contribution in [0.5, 0.6) is 0 Å². The molecule has 0 aliphatic rings. The first-order valence-corrected chi connectivity index (χ1v) is 8.28. The molecule has 1 rings (SSSR count). The minimum absolute atomic E-state index is 0.0306. The number of benzene rings is 1. The van der Waals surface area contributed by atoms with Crippen LogP contribution in [0, 0.1) is 0 Å². The third kappa shape index (κ3) is 6.45. The maximum Gasteiger partial charge on any atom is 0.412 e. The third-order valence-corrected chi connectivity index (χ3v) is 4.09. The number of ether oxygens (including phenoxy) is 2. The van der Waals surface area contributed by atoms with Gasteiger partial charge in [0.05, 0.1) is 11.6 Å². The van der Waals surface area contributed by atoms with E-state index in [0.29, 0.717) is 17.7 Å². The van der Waals surface area contributed by atoms with Crippen molar-refractivity contribution in [2.45, 2.75) is 44.9 Å². The van der Waals surface area contributed by atoms with Crippen molar-refractivity contribution in [2.24, 2.45) is 0 Å². The summed E-state index contributed by atoms with van der Waals surface area (Å²) in [7, 11) is 3.19. The van der Waals surface area contributed by atoms with Gasteiger partial charge in [-0.05, 0) is 52.1 Å². The lowest BCUT2D eigenvalue weighted by Crippen LogP contribution is -2.42. The molecule has 0 heterocycles. The quantitative estimate of drug-likeness (QED) is 0.579. The van der Waals surface area contributed by atoms with E-state index in [2.05, 4.69) is 16.0 Å². The van der Waals surface area contributed by atoms with E-state index in [4.69, 9.17) is 9.47 Å². The van der Waals surface area contributed by atoms with Crippen LogP contribution in [-0.4, -0.2) is 50.2 Å². The fraction of sp³-hybridized carbons (Fsp3) is 0.500. The Bertz CT molecular complexity index is 616. The Morgan fingerprint density at radius 1 is 1.15 bits per heavy atom. The highest BCUT2D eigenvalue weighted by Gasteiger charge is 2.32. The normalized spacial score (nSPS) is 13.4. The molecule has 2 amide bonds. The number of methoxy groups -OCH3 is 1. The second-order valence-electron chi connectivity index (χ2n) is 6.31. The van der Waals surface area contributed by atoms with Crippen LogP contribution in [-0.2, 0) is 19.1 Å². The van der Waals surface area contributed by atoms with Crippen LogP contribution >= 0.6 is 0 Å². The first-order chi connectivity index (χ1) is 12.2. The number of nitrogens with one attached hydrogen (secondary N) is 3. The number of anilines is 2. The van der Waals surface area contributed by atoms with Crippen molar-refractivity contribution in [3.63, 3.8) is 0 Å². The smallest absolute Gasteiger partial charge is 0.412 e. The number of hydrogen-bond donors (Lipinski definition) is 3. The zero-order chi connectivity index (χ0) is 19.7. The maximum atomic E-state index is 12.1. The van der Waals surface area contributed by atoms with Gasteiger partial charge in [0, 0.05) is 24.9 Å². The standard InChI is InChI=1S/C18H27N3O5/c1-12(19-4)16(23)20-13-6-8-14(9-7-13)21-17(24)26-15(10-11-22)18(2,3)25-5/h6-9,11-12,15,19H,10H2,1-5H3,(H,20,23)(H,21,24)/t12-,15-/m0/s1. The summed E-state index contributed by atoms with van der Waals surface area (Å²) in [4.78, 5) is 34.7. The summed E-state index contributed by atoms with van der Waals surface area (Å²) >= 11 is 0. The van der Waals surface area contributed by atoms with Gasteiger partial charge in [-0.3, -0.25) is 10.1 Å². The number of rotatable bonds is 9. The first-order valence-electron chi connectivity index (χ1n) is 8.28. The highest BCUT2D eigenvalue weighted by Crippen LogP contribution is 2.21. The third-order valence-electron chi connectivity index (χ3n) is 4.09. The van der Waals surface area contributed by atoms with Crippen LogP contribution in [0.4, 0.5) is 16.2 Å². The van der Waals surface area contributed by atoms with Gasteiger partial charge in [-0.15, -0.1) is 0 Å². The Morgan fingerprint density at radius 2 is 1.69 bits per heavy atom. The maximum absolute atomic E-state index is 12.1. The molecule has 0 aliphatic carbocycles. The molecule has 0 aliphatic heterocycles. The molecule has 144 valence electrons. The van der Waals surface area contributed by atoms with Gasteiger partial charge in [-0.2, -0.15) is 0 Å². The Hall–Kier alpha value is -2.45. The van der Waals surface area contributed by atoms with Crippen LogP contribution in [0.1, 0.15) is 27.2 Å². The predicted molar refractivity (Wildman–Crippen MR) is 99.3 cm³/mol. The SMILES string of the molecule is CN[C@@H](C)C(=O)Nc1ccc(NC(=O)O[C@@H](CC=O)C(C)(C)OC)cc1. The summed E-state index contributed by atoms with van der Waals surface area (Å²) < 4.78 is 10.6. The highest BCUT2D eigenvalue weighted by molar-refractivity contribution is 5.95. The second-order valence-corrected chi connectivity index (χ2v) is 6.31. The molecule has 8 nitrogen and oxygen atoms in total. The summed E-state index contributed by atoms with van der Waals surface area (Å²) in [5.74, 6) is -0.161. The van der Waals surface area contributed by atoms with Crippen molar-refractivity contribution >= 4 is 29.7 Å². The summed E-state index contributed by atoms with van der Waals surface area (Å²) in [6.07, 6.45) is -0.695.